The summed E-state index contributed by atoms with van der Waals surface area (Å²) >= 11 is 4.53. The van der Waals surface area contributed by atoms with E-state index < -0.39 is 5.97 Å². The zero-order chi connectivity index (χ0) is 14.4. The lowest BCUT2D eigenvalue weighted by molar-refractivity contribution is -0.142. The molecule has 6 nitrogen and oxygen atoms in total. The quantitative estimate of drug-likeness (QED) is 0.478. The fourth-order valence-corrected chi connectivity index (χ4v) is 1.62. The number of thiocarbonyl (C=S) groups is 1. The van der Waals surface area contributed by atoms with Crippen LogP contribution in [0.3, 0.4) is 0 Å². The molecular weight excluding hydrogens is 278 g/mol. The number of carbonyl (C=O) groups is 1. The molecule has 0 spiro atoms. The van der Waals surface area contributed by atoms with Crippen molar-refractivity contribution in [3.8, 4) is 11.4 Å². The third-order valence-corrected chi connectivity index (χ3v) is 2.46. The monoisotopic (exact) mass is 289 g/mol. The summed E-state index contributed by atoms with van der Waals surface area (Å²) in [6.45, 7) is 2.06. The van der Waals surface area contributed by atoms with E-state index in [1.54, 1.807) is 31.2 Å². The lowest BCUT2D eigenvalue weighted by Gasteiger charge is -1.96. The second kappa shape index (κ2) is 6.70. The van der Waals surface area contributed by atoms with Gasteiger partial charge in [-0.2, -0.15) is 9.98 Å². The number of benzene rings is 1. The van der Waals surface area contributed by atoms with Crippen molar-refractivity contribution in [1.29, 1.82) is 0 Å². The molecule has 0 aliphatic heterocycles. The first kappa shape index (κ1) is 14.0. The van der Waals surface area contributed by atoms with Crippen molar-refractivity contribution in [3.05, 3.63) is 30.2 Å². The first-order chi connectivity index (χ1) is 9.72. The molecule has 1 aromatic carbocycles. The number of ether oxygens (including phenoxy) is 1. The molecule has 7 heteroatoms. The molecule has 0 N–H and O–H groups in total. The minimum absolute atomic E-state index is 0.0336. The van der Waals surface area contributed by atoms with Crippen molar-refractivity contribution in [1.82, 2.24) is 10.1 Å². The van der Waals surface area contributed by atoms with Gasteiger partial charge in [0.25, 0.3) is 0 Å². The maximum absolute atomic E-state index is 11.3. The van der Waals surface area contributed by atoms with Crippen molar-refractivity contribution in [2.24, 2.45) is 4.99 Å². The lowest BCUT2D eigenvalue weighted by atomic mass is 10.2. The maximum Gasteiger partial charge on any atom is 0.315 e. The van der Waals surface area contributed by atoms with Gasteiger partial charge >= 0.3 is 5.97 Å². The van der Waals surface area contributed by atoms with Gasteiger partial charge < -0.3 is 9.26 Å². The second-order valence-corrected chi connectivity index (χ2v) is 3.93. The Morgan fingerprint density at radius 2 is 2.20 bits per heavy atom. The number of hydrogen-bond acceptors (Lipinski definition) is 7. The van der Waals surface area contributed by atoms with E-state index in [1.807, 2.05) is 0 Å². The summed E-state index contributed by atoms with van der Waals surface area (Å²) in [7, 11) is 0. The summed E-state index contributed by atoms with van der Waals surface area (Å²) in [4.78, 5) is 19.3. The fraction of sp³-hybridized carbons (Fsp3) is 0.231. The van der Waals surface area contributed by atoms with Crippen LogP contribution >= 0.6 is 12.2 Å². The van der Waals surface area contributed by atoms with Crippen LogP contribution < -0.4 is 0 Å². The van der Waals surface area contributed by atoms with Gasteiger partial charge in [0.05, 0.1) is 17.5 Å². The van der Waals surface area contributed by atoms with Gasteiger partial charge in [0.1, 0.15) is 6.42 Å². The molecule has 2 aromatic rings. The molecule has 0 atom stereocenters. The van der Waals surface area contributed by atoms with E-state index in [0.29, 0.717) is 18.1 Å². The predicted molar refractivity (Wildman–Crippen MR) is 74.8 cm³/mol. The highest BCUT2D eigenvalue weighted by Gasteiger charge is 2.13. The standard InChI is InChI=1S/C13H11N3O3S/c1-2-18-12(17)7-11-15-13(16-19-11)9-3-5-10(6-4-9)14-8-20/h3-6H,2,7H2,1H3. The topological polar surface area (TPSA) is 77.6 Å². The van der Waals surface area contributed by atoms with Gasteiger partial charge in [0.2, 0.25) is 11.7 Å². The normalized spacial score (nSPS) is 9.85. The SMILES string of the molecule is CCOC(=O)Cc1nc(-c2ccc(N=C=S)cc2)no1. The minimum atomic E-state index is -0.395. The van der Waals surface area contributed by atoms with Gasteiger partial charge in [-0.15, -0.1) is 0 Å². The number of rotatable bonds is 5. The largest absolute Gasteiger partial charge is 0.466 e. The molecule has 0 unspecified atom stereocenters. The minimum Gasteiger partial charge on any atom is -0.466 e. The Bertz CT molecular complexity index is 645. The van der Waals surface area contributed by atoms with Crippen LogP contribution in [0.15, 0.2) is 33.8 Å². The highest BCUT2D eigenvalue weighted by atomic mass is 32.1. The van der Waals surface area contributed by atoms with Crippen LogP contribution in [0.25, 0.3) is 11.4 Å². The van der Waals surface area contributed by atoms with E-state index in [9.17, 15) is 4.79 Å². The van der Waals surface area contributed by atoms with Gasteiger partial charge in [-0.1, -0.05) is 5.16 Å². The number of hydrogen-bond donors (Lipinski definition) is 0. The summed E-state index contributed by atoms with van der Waals surface area (Å²) in [5.74, 6) is 0.231. The number of aliphatic imine (C=N–C) groups is 1. The van der Waals surface area contributed by atoms with Gasteiger partial charge in [-0.05, 0) is 43.4 Å². The molecule has 0 saturated carbocycles. The third-order valence-electron chi connectivity index (χ3n) is 2.37. The first-order valence-electron chi connectivity index (χ1n) is 5.89. The molecule has 102 valence electrons. The summed E-state index contributed by atoms with van der Waals surface area (Å²) in [5, 5.41) is 6.10. The number of nitrogens with zero attached hydrogens (tertiary/aromatic N) is 3. The highest BCUT2D eigenvalue weighted by Crippen LogP contribution is 2.20. The summed E-state index contributed by atoms with van der Waals surface area (Å²) in [6, 6.07) is 7.08. The van der Waals surface area contributed by atoms with Crippen LogP contribution in [0.2, 0.25) is 0 Å². The van der Waals surface area contributed by atoms with Crippen LogP contribution in [-0.4, -0.2) is 27.9 Å². The van der Waals surface area contributed by atoms with Crippen molar-refractivity contribution in [3.63, 3.8) is 0 Å². The van der Waals surface area contributed by atoms with E-state index >= 15 is 0 Å². The van der Waals surface area contributed by atoms with E-state index in [1.165, 1.54) is 0 Å². The first-order valence-corrected chi connectivity index (χ1v) is 6.30. The average molecular weight is 289 g/mol. The van der Waals surface area contributed by atoms with Crippen molar-refractivity contribution in [2.45, 2.75) is 13.3 Å². The Kier molecular flexibility index (Phi) is 4.70. The van der Waals surface area contributed by atoms with E-state index in [0.717, 1.165) is 5.56 Å². The predicted octanol–water partition coefficient (Wildman–Crippen LogP) is 2.58. The van der Waals surface area contributed by atoms with E-state index in [4.69, 9.17) is 9.26 Å². The molecule has 1 aromatic heterocycles. The summed E-state index contributed by atoms with van der Waals surface area (Å²) in [5.41, 5.74) is 1.45. The fourth-order valence-electron chi connectivity index (χ4n) is 1.52. The Morgan fingerprint density at radius 1 is 1.45 bits per heavy atom. The molecule has 2 rings (SSSR count). The molecule has 0 saturated heterocycles. The molecule has 20 heavy (non-hydrogen) atoms. The van der Waals surface area contributed by atoms with Crippen molar-refractivity contribution < 1.29 is 14.1 Å². The number of carbonyl (C=O) groups excluding carboxylic acids is 1. The molecule has 0 aliphatic carbocycles. The average Bonchev–Trinajstić information content (AvgIpc) is 2.88. The van der Waals surface area contributed by atoms with Crippen LogP contribution in [0.5, 0.6) is 0 Å². The van der Waals surface area contributed by atoms with Crippen molar-refractivity contribution >= 4 is 29.0 Å². The Morgan fingerprint density at radius 3 is 2.85 bits per heavy atom. The zero-order valence-corrected chi connectivity index (χ0v) is 11.5. The van der Waals surface area contributed by atoms with Gasteiger partial charge in [0, 0.05) is 5.56 Å². The van der Waals surface area contributed by atoms with Crippen LogP contribution in [0.1, 0.15) is 12.8 Å². The van der Waals surface area contributed by atoms with Crippen LogP contribution in [0, 0.1) is 0 Å². The number of isothiocyanates is 1. The highest BCUT2D eigenvalue weighted by molar-refractivity contribution is 7.78. The summed E-state index contributed by atoms with van der Waals surface area (Å²) in [6.07, 6.45) is -0.0336. The Balaban J connectivity index is 2.11. The molecule has 0 bridgehead atoms. The Labute approximate surface area is 120 Å². The van der Waals surface area contributed by atoms with Crippen LogP contribution in [-0.2, 0) is 16.0 Å². The number of esters is 1. The van der Waals surface area contributed by atoms with Crippen LogP contribution in [0.4, 0.5) is 5.69 Å². The summed E-state index contributed by atoms with van der Waals surface area (Å²) < 4.78 is 9.81. The van der Waals surface area contributed by atoms with Crippen molar-refractivity contribution in [2.75, 3.05) is 6.61 Å². The third kappa shape index (κ3) is 3.57. The Hall–Kier alpha value is -2.37. The van der Waals surface area contributed by atoms with Gasteiger partial charge in [-0.25, -0.2) is 0 Å². The number of aromatic nitrogens is 2. The second-order valence-electron chi connectivity index (χ2n) is 3.74. The van der Waals surface area contributed by atoms with Gasteiger partial charge in [0.15, 0.2) is 0 Å². The molecule has 1 heterocycles. The molecular formula is C13H11N3O3S. The molecule has 0 radical (unpaired) electrons. The van der Waals surface area contributed by atoms with E-state index in [-0.39, 0.29) is 12.3 Å². The molecule has 0 aliphatic rings. The smallest absolute Gasteiger partial charge is 0.315 e. The molecule has 0 amide bonds. The van der Waals surface area contributed by atoms with Gasteiger partial charge in [-0.3, -0.25) is 4.79 Å². The maximum atomic E-state index is 11.3. The zero-order valence-electron chi connectivity index (χ0n) is 10.7. The lowest BCUT2D eigenvalue weighted by Crippen LogP contribution is -2.07. The van der Waals surface area contributed by atoms with E-state index in [2.05, 4.69) is 32.5 Å². The molecule has 0 fully saturated rings.